The summed E-state index contributed by atoms with van der Waals surface area (Å²) >= 11 is 0. The third-order valence-electron chi connectivity index (χ3n) is 3.80. The van der Waals surface area contributed by atoms with Gasteiger partial charge in [-0.3, -0.25) is 9.69 Å². The van der Waals surface area contributed by atoms with Gasteiger partial charge in [0.25, 0.3) is 0 Å². The molecule has 1 heterocycles. The first kappa shape index (κ1) is 10.9. The van der Waals surface area contributed by atoms with Crippen LogP contribution in [0, 0.1) is 5.41 Å². The van der Waals surface area contributed by atoms with Crippen molar-refractivity contribution in [2.45, 2.75) is 32.2 Å². The highest BCUT2D eigenvalue weighted by atomic mass is 16.2. The molecule has 1 aliphatic heterocycles. The molecule has 0 aromatic heterocycles. The number of hydrogen-bond acceptors (Lipinski definition) is 3. The molecule has 0 spiro atoms. The molecule has 2 fully saturated rings. The van der Waals surface area contributed by atoms with Gasteiger partial charge in [-0.15, -0.1) is 0 Å². The van der Waals surface area contributed by atoms with E-state index in [1.165, 1.54) is 12.8 Å². The zero-order valence-electron chi connectivity index (χ0n) is 9.46. The van der Waals surface area contributed by atoms with E-state index in [1.807, 2.05) is 6.92 Å². The maximum absolute atomic E-state index is 11.5. The van der Waals surface area contributed by atoms with Crippen molar-refractivity contribution in [3.8, 4) is 0 Å². The number of rotatable bonds is 4. The number of nitrogens with zero attached hydrogens (tertiary/aromatic N) is 1. The van der Waals surface area contributed by atoms with E-state index in [0.29, 0.717) is 5.41 Å². The highest BCUT2D eigenvalue weighted by Crippen LogP contribution is 2.49. The summed E-state index contributed by atoms with van der Waals surface area (Å²) in [4.78, 5) is 13.8. The second-order valence-electron chi connectivity index (χ2n) is 4.98. The molecule has 1 saturated carbocycles. The molecule has 1 amide bonds. The number of amides is 1. The average molecular weight is 211 g/mol. The van der Waals surface area contributed by atoms with E-state index in [4.69, 9.17) is 5.73 Å². The summed E-state index contributed by atoms with van der Waals surface area (Å²) in [6, 6.07) is 0.0361. The molecule has 1 saturated heterocycles. The van der Waals surface area contributed by atoms with Crippen LogP contribution < -0.4 is 11.1 Å². The molecule has 1 unspecified atom stereocenters. The molecule has 1 atom stereocenters. The van der Waals surface area contributed by atoms with E-state index in [2.05, 4.69) is 10.2 Å². The molecule has 2 aliphatic rings. The van der Waals surface area contributed by atoms with Crippen molar-refractivity contribution in [3.63, 3.8) is 0 Å². The Balaban J connectivity index is 1.90. The summed E-state index contributed by atoms with van der Waals surface area (Å²) in [5.41, 5.74) is 6.07. The van der Waals surface area contributed by atoms with Crippen LogP contribution in [-0.4, -0.2) is 43.0 Å². The second-order valence-corrected chi connectivity index (χ2v) is 4.98. The third-order valence-corrected chi connectivity index (χ3v) is 3.80. The van der Waals surface area contributed by atoms with Gasteiger partial charge in [-0.25, -0.2) is 0 Å². The molecule has 0 radical (unpaired) electrons. The Labute approximate surface area is 91.2 Å². The number of carbonyl (C=O) groups excluding carboxylic acids is 1. The molecule has 0 aromatic carbocycles. The molecule has 0 bridgehead atoms. The Kier molecular flexibility index (Phi) is 2.98. The summed E-state index contributed by atoms with van der Waals surface area (Å²) in [7, 11) is 0. The molecule has 0 aromatic rings. The van der Waals surface area contributed by atoms with Gasteiger partial charge < -0.3 is 11.1 Å². The molecule has 3 N–H and O–H groups in total. The number of nitrogens with two attached hydrogens (primary N) is 1. The van der Waals surface area contributed by atoms with Gasteiger partial charge in [-0.05, 0) is 38.1 Å². The summed E-state index contributed by atoms with van der Waals surface area (Å²) < 4.78 is 0. The van der Waals surface area contributed by atoms with Gasteiger partial charge >= 0.3 is 0 Å². The quantitative estimate of drug-likeness (QED) is 0.684. The maximum Gasteiger partial charge on any atom is 0.237 e. The smallest absolute Gasteiger partial charge is 0.237 e. The summed E-state index contributed by atoms with van der Waals surface area (Å²) in [5, 5.41) is 2.89. The molecule has 1 aliphatic carbocycles. The fourth-order valence-corrected chi connectivity index (χ4v) is 2.45. The number of hydrogen-bond donors (Lipinski definition) is 2. The topological polar surface area (TPSA) is 58.4 Å². The average Bonchev–Trinajstić information content (AvgIpc) is 2.94. The lowest BCUT2D eigenvalue weighted by Crippen LogP contribution is -2.55. The number of carbonyl (C=O) groups is 1. The van der Waals surface area contributed by atoms with Crippen LogP contribution in [0.1, 0.15) is 26.2 Å². The Morgan fingerprint density at radius 3 is 2.93 bits per heavy atom. The van der Waals surface area contributed by atoms with Crippen molar-refractivity contribution in [1.29, 1.82) is 0 Å². The van der Waals surface area contributed by atoms with Crippen molar-refractivity contribution in [2.75, 3.05) is 26.2 Å². The predicted octanol–water partition coefficient (Wildman–Crippen LogP) is -0.0643. The third kappa shape index (κ3) is 2.32. The van der Waals surface area contributed by atoms with Crippen LogP contribution in [0.5, 0.6) is 0 Å². The van der Waals surface area contributed by atoms with E-state index >= 15 is 0 Å². The first-order chi connectivity index (χ1) is 7.17. The highest BCUT2D eigenvalue weighted by molar-refractivity contribution is 5.81. The van der Waals surface area contributed by atoms with Gasteiger partial charge in [0.2, 0.25) is 5.91 Å². The number of nitrogens with one attached hydrogen (secondary N) is 1. The first-order valence-corrected chi connectivity index (χ1v) is 5.89. The Bertz CT molecular complexity index is 250. The monoisotopic (exact) mass is 211 g/mol. The van der Waals surface area contributed by atoms with Gasteiger partial charge in [0.05, 0.1) is 6.04 Å². The molecule has 86 valence electrons. The molecule has 2 rings (SSSR count). The van der Waals surface area contributed by atoms with Crippen LogP contribution in [0.3, 0.4) is 0 Å². The van der Waals surface area contributed by atoms with Gasteiger partial charge in [0, 0.05) is 19.6 Å². The van der Waals surface area contributed by atoms with E-state index in [1.54, 1.807) is 0 Å². The lowest BCUT2D eigenvalue weighted by Gasteiger charge is -2.35. The van der Waals surface area contributed by atoms with Crippen LogP contribution in [0.15, 0.2) is 0 Å². The predicted molar refractivity (Wildman–Crippen MR) is 59.4 cm³/mol. The first-order valence-electron chi connectivity index (χ1n) is 5.89. The van der Waals surface area contributed by atoms with E-state index in [0.717, 1.165) is 32.6 Å². The highest BCUT2D eigenvalue weighted by Gasteiger charge is 2.44. The van der Waals surface area contributed by atoms with E-state index in [9.17, 15) is 4.79 Å². The Hall–Kier alpha value is -0.610. The van der Waals surface area contributed by atoms with Gasteiger partial charge in [-0.1, -0.05) is 0 Å². The van der Waals surface area contributed by atoms with Crippen molar-refractivity contribution in [3.05, 3.63) is 0 Å². The molecule has 4 nitrogen and oxygen atoms in total. The molecule has 4 heteroatoms. The molecular weight excluding hydrogens is 190 g/mol. The van der Waals surface area contributed by atoms with Gasteiger partial charge in [0.1, 0.15) is 0 Å². The molecular formula is C11H21N3O. The van der Waals surface area contributed by atoms with Crippen molar-refractivity contribution >= 4 is 5.91 Å². The zero-order chi connectivity index (χ0) is 10.9. The van der Waals surface area contributed by atoms with Crippen LogP contribution in [0.25, 0.3) is 0 Å². The summed E-state index contributed by atoms with van der Waals surface area (Å²) in [5.74, 6) is 0.171. The summed E-state index contributed by atoms with van der Waals surface area (Å²) in [6.45, 7) is 5.60. The minimum absolute atomic E-state index is 0.0361. The maximum atomic E-state index is 11.5. The normalized spacial score (nSPS) is 30.0. The standard InChI is InChI=1S/C11H21N3O/c1-9-10(15)13-6-7-14(9)8-11(2-3-11)4-5-12/h9H,2-8,12H2,1H3,(H,13,15). The largest absolute Gasteiger partial charge is 0.353 e. The van der Waals surface area contributed by atoms with E-state index < -0.39 is 0 Å². The van der Waals surface area contributed by atoms with Crippen LogP contribution in [-0.2, 0) is 4.79 Å². The van der Waals surface area contributed by atoms with Gasteiger partial charge in [-0.2, -0.15) is 0 Å². The van der Waals surface area contributed by atoms with Crippen molar-refractivity contribution in [2.24, 2.45) is 11.1 Å². The van der Waals surface area contributed by atoms with Crippen LogP contribution in [0.4, 0.5) is 0 Å². The lowest BCUT2D eigenvalue weighted by atomic mass is 10.0. The van der Waals surface area contributed by atoms with Crippen molar-refractivity contribution < 1.29 is 4.79 Å². The second kappa shape index (κ2) is 4.10. The lowest BCUT2D eigenvalue weighted by molar-refractivity contribution is -0.128. The number of piperazine rings is 1. The van der Waals surface area contributed by atoms with Crippen LogP contribution in [0.2, 0.25) is 0 Å². The minimum Gasteiger partial charge on any atom is -0.353 e. The van der Waals surface area contributed by atoms with Crippen molar-refractivity contribution in [1.82, 2.24) is 10.2 Å². The fourth-order valence-electron chi connectivity index (χ4n) is 2.45. The molecule has 15 heavy (non-hydrogen) atoms. The Morgan fingerprint density at radius 1 is 1.60 bits per heavy atom. The van der Waals surface area contributed by atoms with Crippen LogP contribution >= 0.6 is 0 Å². The SMILES string of the molecule is CC1C(=O)NCCN1CC1(CCN)CC1. The summed E-state index contributed by atoms with van der Waals surface area (Å²) in [6.07, 6.45) is 3.68. The minimum atomic E-state index is 0.0361. The Morgan fingerprint density at radius 2 is 2.33 bits per heavy atom. The van der Waals surface area contributed by atoms with Gasteiger partial charge in [0.15, 0.2) is 0 Å². The van der Waals surface area contributed by atoms with E-state index in [-0.39, 0.29) is 11.9 Å². The fraction of sp³-hybridized carbons (Fsp3) is 0.909. The zero-order valence-corrected chi connectivity index (χ0v) is 9.46.